The number of nitrogens with one attached hydrogen (secondary N) is 1. The molecule has 2 aliphatic heterocycles. The molecule has 22 heavy (non-hydrogen) atoms. The van der Waals surface area contributed by atoms with E-state index in [0.717, 1.165) is 31.3 Å². The summed E-state index contributed by atoms with van der Waals surface area (Å²) in [6.45, 7) is 7.48. The van der Waals surface area contributed by atoms with Crippen molar-refractivity contribution in [1.29, 1.82) is 0 Å². The minimum Gasteiger partial charge on any atom is -0.346 e. The number of rotatable bonds is 5. The summed E-state index contributed by atoms with van der Waals surface area (Å²) < 4.78 is 0. The second kappa shape index (κ2) is 7.23. The van der Waals surface area contributed by atoms with Gasteiger partial charge in [-0.2, -0.15) is 0 Å². The number of piperidine rings is 1. The minimum absolute atomic E-state index is 0.509. The summed E-state index contributed by atoms with van der Waals surface area (Å²) in [5.74, 6) is 2.62. The molecule has 3 rings (SSSR count). The molecule has 3 heterocycles. The van der Waals surface area contributed by atoms with Crippen LogP contribution in [0.5, 0.6) is 0 Å². The Labute approximate surface area is 134 Å². The first kappa shape index (κ1) is 15.5. The van der Waals surface area contributed by atoms with Gasteiger partial charge >= 0.3 is 0 Å². The van der Waals surface area contributed by atoms with Crippen LogP contribution in [0.4, 0.5) is 5.82 Å². The van der Waals surface area contributed by atoms with Gasteiger partial charge in [-0.1, -0.05) is 31.9 Å². The molecule has 1 N–H and O–H groups in total. The SMILES string of the molecule is CCCCC1C=CCN1c1cc(C2CCNCC2)nc(C)n1. The topological polar surface area (TPSA) is 41.0 Å². The van der Waals surface area contributed by atoms with Crippen LogP contribution in [0.15, 0.2) is 18.2 Å². The van der Waals surface area contributed by atoms with Gasteiger partial charge in [0, 0.05) is 30.3 Å². The van der Waals surface area contributed by atoms with Gasteiger partial charge in [0.05, 0.1) is 0 Å². The summed E-state index contributed by atoms with van der Waals surface area (Å²) >= 11 is 0. The van der Waals surface area contributed by atoms with Crippen LogP contribution in [0.3, 0.4) is 0 Å². The molecule has 1 atom stereocenters. The highest BCUT2D eigenvalue weighted by atomic mass is 15.2. The van der Waals surface area contributed by atoms with Crippen molar-refractivity contribution < 1.29 is 0 Å². The van der Waals surface area contributed by atoms with Gasteiger partial charge in [0.1, 0.15) is 11.6 Å². The zero-order valence-corrected chi connectivity index (χ0v) is 13.9. The van der Waals surface area contributed by atoms with Gasteiger partial charge in [-0.15, -0.1) is 0 Å². The average Bonchev–Trinajstić information content (AvgIpc) is 3.01. The normalized spacial score (nSPS) is 22.5. The molecule has 0 amide bonds. The lowest BCUT2D eigenvalue weighted by Gasteiger charge is -2.28. The molecule has 4 heteroatoms. The van der Waals surface area contributed by atoms with Crippen molar-refractivity contribution in [2.45, 2.75) is 57.9 Å². The van der Waals surface area contributed by atoms with E-state index in [9.17, 15) is 0 Å². The molecule has 0 bridgehead atoms. The van der Waals surface area contributed by atoms with Crippen LogP contribution < -0.4 is 10.2 Å². The van der Waals surface area contributed by atoms with E-state index < -0.39 is 0 Å². The van der Waals surface area contributed by atoms with Crippen LogP contribution in [0.1, 0.15) is 56.5 Å². The van der Waals surface area contributed by atoms with Crippen molar-refractivity contribution in [3.63, 3.8) is 0 Å². The molecular weight excluding hydrogens is 272 g/mol. The number of unbranched alkanes of at least 4 members (excludes halogenated alkanes) is 1. The van der Waals surface area contributed by atoms with Gasteiger partial charge < -0.3 is 10.2 Å². The maximum atomic E-state index is 4.73. The largest absolute Gasteiger partial charge is 0.346 e. The van der Waals surface area contributed by atoms with Crippen LogP contribution in [0.2, 0.25) is 0 Å². The molecule has 0 saturated carbocycles. The highest BCUT2D eigenvalue weighted by molar-refractivity contribution is 5.46. The van der Waals surface area contributed by atoms with Gasteiger partial charge in [-0.25, -0.2) is 9.97 Å². The molecule has 0 aromatic carbocycles. The number of hydrogen-bond donors (Lipinski definition) is 1. The van der Waals surface area contributed by atoms with Crippen LogP contribution >= 0.6 is 0 Å². The Bertz CT molecular complexity index is 520. The first-order valence-electron chi connectivity index (χ1n) is 8.77. The van der Waals surface area contributed by atoms with E-state index in [0.29, 0.717) is 12.0 Å². The number of anilines is 1. The maximum Gasteiger partial charge on any atom is 0.133 e. The van der Waals surface area contributed by atoms with E-state index >= 15 is 0 Å². The second-order valence-corrected chi connectivity index (χ2v) is 6.51. The lowest BCUT2D eigenvalue weighted by molar-refractivity contribution is 0.452. The van der Waals surface area contributed by atoms with Crippen molar-refractivity contribution in [1.82, 2.24) is 15.3 Å². The highest BCUT2D eigenvalue weighted by Gasteiger charge is 2.23. The van der Waals surface area contributed by atoms with Gasteiger partial charge in [0.25, 0.3) is 0 Å². The van der Waals surface area contributed by atoms with Gasteiger partial charge in [-0.3, -0.25) is 0 Å². The van der Waals surface area contributed by atoms with Gasteiger partial charge in [-0.05, 0) is 39.3 Å². The molecule has 1 aromatic heterocycles. The fraction of sp³-hybridized carbons (Fsp3) is 0.667. The fourth-order valence-electron chi connectivity index (χ4n) is 3.55. The monoisotopic (exact) mass is 300 g/mol. The standard InChI is InChI=1S/C18H28N4/c1-3-4-6-16-7-5-12-22(16)18-13-17(20-14(2)21-18)15-8-10-19-11-9-15/h5,7,13,15-16,19H,3-4,6,8-12H2,1-2H3. The number of aryl methyl sites for hydroxylation is 1. The Morgan fingerprint density at radius 1 is 1.27 bits per heavy atom. The van der Waals surface area contributed by atoms with E-state index in [2.05, 4.69) is 35.4 Å². The molecular formula is C18H28N4. The predicted molar refractivity (Wildman–Crippen MR) is 91.4 cm³/mol. The molecule has 4 nitrogen and oxygen atoms in total. The smallest absolute Gasteiger partial charge is 0.133 e. The van der Waals surface area contributed by atoms with Crippen LogP contribution in [-0.4, -0.2) is 35.6 Å². The van der Waals surface area contributed by atoms with Gasteiger partial charge in [0.15, 0.2) is 0 Å². The Hall–Kier alpha value is -1.42. The highest BCUT2D eigenvalue weighted by Crippen LogP contribution is 2.28. The summed E-state index contributed by atoms with van der Waals surface area (Å²) in [6, 6.07) is 2.75. The summed E-state index contributed by atoms with van der Waals surface area (Å²) in [5.41, 5.74) is 1.24. The molecule has 1 aromatic rings. The number of hydrogen-bond acceptors (Lipinski definition) is 4. The van der Waals surface area contributed by atoms with Crippen LogP contribution in [0.25, 0.3) is 0 Å². The minimum atomic E-state index is 0.509. The van der Waals surface area contributed by atoms with Gasteiger partial charge in [0.2, 0.25) is 0 Å². The lowest BCUT2D eigenvalue weighted by Crippen LogP contribution is -2.31. The van der Waals surface area contributed by atoms with E-state index in [4.69, 9.17) is 9.97 Å². The van der Waals surface area contributed by atoms with Crippen molar-refractivity contribution in [3.05, 3.63) is 29.7 Å². The van der Waals surface area contributed by atoms with Crippen molar-refractivity contribution in [3.8, 4) is 0 Å². The molecule has 120 valence electrons. The Kier molecular flexibility index (Phi) is 5.08. The van der Waals surface area contributed by atoms with Crippen LogP contribution in [-0.2, 0) is 0 Å². The molecule has 1 fully saturated rings. The van der Waals surface area contributed by atoms with Crippen molar-refractivity contribution in [2.24, 2.45) is 0 Å². The third-order valence-electron chi connectivity index (χ3n) is 4.81. The summed E-state index contributed by atoms with van der Waals surface area (Å²) in [6.07, 6.45) is 10.7. The van der Waals surface area contributed by atoms with Crippen molar-refractivity contribution >= 4 is 5.82 Å². The maximum absolute atomic E-state index is 4.73. The molecule has 0 spiro atoms. The molecule has 0 aliphatic carbocycles. The fourth-order valence-corrected chi connectivity index (χ4v) is 3.55. The van der Waals surface area contributed by atoms with Crippen LogP contribution in [0, 0.1) is 6.92 Å². The first-order valence-corrected chi connectivity index (χ1v) is 8.77. The van der Waals surface area contributed by atoms with E-state index in [-0.39, 0.29) is 0 Å². The van der Waals surface area contributed by atoms with E-state index in [1.54, 1.807) is 0 Å². The molecule has 1 saturated heterocycles. The molecule has 2 aliphatic rings. The number of aromatic nitrogens is 2. The summed E-state index contributed by atoms with van der Waals surface area (Å²) in [5, 5.41) is 3.44. The average molecular weight is 300 g/mol. The Morgan fingerprint density at radius 3 is 2.86 bits per heavy atom. The predicted octanol–water partition coefficient (Wildman–Crippen LogP) is 3.19. The van der Waals surface area contributed by atoms with Crippen molar-refractivity contribution in [2.75, 3.05) is 24.5 Å². The number of nitrogens with zero attached hydrogens (tertiary/aromatic N) is 3. The lowest BCUT2D eigenvalue weighted by atomic mass is 9.94. The summed E-state index contributed by atoms with van der Waals surface area (Å²) in [4.78, 5) is 11.9. The Morgan fingerprint density at radius 2 is 2.09 bits per heavy atom. The molecule has 1 unspecified atom stereocenters. The Balaban J connectivity index is 1.79. The summed E-state index contributed by atoms with van der Waals surface area (Å²) in [7, 11) is 0. The zero-order valence-electron chi connectivity index (χ0n) is 13.9. The quantitative estimate of drug-likeness (QED) is 0.848. The van der Waals surface area contributed by atoms with E-state index in [1.807, 2.05) is 6.92 Å². The second-order valence-electron chi connectivity index (χ2n) is 6.51. The van der Waals surface area contributed by atoms with E-state index in [1.165, 1.54) is 37.8 Å². The molecule has 0 radical (unpaired) electrons. The first-order chi connectivity index (χ1) is 10.8. The third kappa shape index (κ3) is 3.49. The third-order valence-corrected chi connectivity index (χ3v) is 4.81. The zero-order chi connectivity index (χ0) is 15.4.